The molecule has 1 amide bonds. The van der Waals surface area contributed by atoms with Crippen LogP contribution in [-0.4, -0.2) is 35.4 Å². The molecule has 2 aromatic heterocycles. The number of nitrogens with zero attached hydrogens (tertiary/aromatic N) is 2. The molecule has 1 atom stereocenters. The van der Waals surface area contributed by atoms with Crippen molar-refractivity contribution >= 4 is 28.6 Å². The van der Waals surface area contributed by atoms with E-state index in [4.69, 9.17) is 0 Å². The smallest absolute Gasteiger partial charge is 0.226 e. The molecule has 4 rings (SSSR count). The predicted octanol–water partition coefficient (Wildman–Crippen LogP) is 4.37. The lowest BCUT2D eigenvalue weighted by Crippen LogP contribution is -2.37. The number of thiazole rings is 1. The lowest BCUT2D eigenvalue weighted by molar-refractivity contribution is -0.121. The van der Waals surface area contributed by atoms with Crippen molar-refractivity contribution in [1.82, 2.24) is 15.2 Å². The van der Waals surface area contributed by atoms with Gasteiger partial charge in [0.15, 0.2) is 0 Å². The topological polar surface area (TPSA) is 45.2 Å². The minimum atomic E-state index is 0.0206. The van der Waals surface area contributed by atoms with E-state index >= 15 is 0 Å². The fourth-order valence-corrected chi connectivity index (χ4v) is 5.09. The van der Waals surface area contributed by atoms with Crippen LogP contribution in [0.2, 0.25) is 0 Å². The van der Waals surface area contributed by atoms with Gasteiger partial charge in [-0.3, -0.25) is 4.79 Å². The SMILES string of the molecule is O=C(Cc1csc(-c2cccs2)n1)NC(CN1CCCC1)c1ccccc1. The maximum absolute atomic E-state index is 12.7. The van der Waals surface area contributed by atoms with Crippen molar-refractivity contribution in [3.8, 4) is 9.88 Å². The van der Waals surface area contributed by atoms with Gasteiger partial charge in [-0.05, 0) is 42.9 Å². The van der Waals surface area contributed by atoms with Crippen LogP contribution >= 0.6 is 22.7 Å². The number of carbonyl (C=O) groups is 1. The van der Waals surface area contributed by atoms with E-state index in [1.165, 1.54) is 12.8 Å². The molecule has 1 unspecified atom stereocenters. The molecule has 1 N–H and O–H groups in total. The van der Waals surface area contributed by atoms with E-state index in [-0.39, 0.29) is 11.9 Å². The molecule has 1 aliphatic rings. The van der Waals surface area contributed by atoms with Crippen LogP contribution in [0.25, 0.3) is 9.88 Å². The zero-order valence-corrected chi connectivity index (χ0v) is 16.8. The molecular formula is C21H23N3OS2. The Bertz CT molecular complexity index is 855. The first-order valence-corrected chi connectivity index (χ1v) is 11.1. The van der Waals surface area contributed by atoms with Crippen molar-refractivity contribution in [2.45, 2.75) is 25.3 Å². The second-order valence-electron chi connectivity index (χ2n) is 6.84. The second kappa shape index (κ2) is 8.78. The first-order valence-electron chi connectivity index (χ1n) is 9.33. The third-order valence-corrected chi connectivity index (χ3v) is 6.73. The highest BCUT2D eigenvalue weighted by molar-refractivity contribution is 7.20. The lowest BCUT2D eigenvalue weighted by Gasteiger charge is -2.25. The van der Waals surface area contributed by atoms with Gasteiger partial charge < -0.3 is 10.2 Å². The van der Waals surface area contributed by atoms with Crippen LogP contribution in [0.1, 0.15) is 30.1 Å². The number of aromatic nitrogens is 1. The molecule has 0 aliphatic carbocycles. The number of rotatable bonds is 7. The Morgan fingerprint density at radius 2 is 1.93 bits per heavy atom. The summed E-state index contributed by atoms with van der Waals surface area (Å²) < 4.78 is 0. The van der Waals surface area contributed by atoms with Crippen LogP contribution in [0.15, 0.2) is 53.2 Å². The van der Waals surface area contributed by atoms with Gasteiger partial charge in [0.25, 0.3) is 0 Å². The molecule has 140 valence electrons. The Morgan fingerprint density at radius 1 is 1.11 bits per heavy atom. The highest BCUT2D eigenvalue weighted by Gasteiger charge is 2.21. The van der Waals surface area contributed by atoms with Gasteiger partial charge in [-0.15, -0.1) is 22.7 Å². The van der Waals surface area contributed by atoms with Crippen LogP contribution in [0.4, 0.5) is 0 Å². The largest absolute Gasteiger partial charge is 0.348 e. The summed E-state index contributed by atoms with van der Waals surface area (Å²) in [6.07, 6.45) is 2.82. The Kier molecular flexibility index (Phi) is 5.97. The van der Waals surface area contributed by atoms with Gasteiger partial charge in [-0.25, -0.2) is 4.98 Å². The molecule has 3 heterocycles. The van der Waals surface area contributed by atoms with Crippen molar-refractivity contribution in [1.29, 1.82) is 0 Å². The number of hydrogen-bond acceptors (Lipinski definition) is 5. The first kappa shape index (κ1) is 18.3. The van der Waals surface area contributed by atoms with E-state index in [9.17, 15) is 4.79 Å². The van der Waals surface area contributed by atoms with Gasteiger partial charge >= 0.3 is 0 Å². The quantitative estimate of drug-likeness (QED) is 0.644. The zero-order valence-electron chi connectivity index (χ0n) is 15.1. The standard InChI is InChI=1S/C21H23N3OS2/c25-20(13-17-15-27-21(22-17)19-9-6-12-26-19)23-18(14-24-10-4-5-11-24)16-7-2-1-3-8-16/h1-3,6-9,12,15,18H,4-5,10-11,13-14H2,(H,23,25). The van der Waals surface area contributed by atoms with E-state index in [0.29, 0.717) is 6.42 Å². The third kappa shape index (κ3) is 4.83. The number of nitrogens with one attached hydrogen (secondary N) is 1. The molecule has 27 heavy (non-hydrogen) atoms. The maximum atomic E-state index is 12.7. The van der Waals surface area contributed by atoms with Crippen LogP contribution in [0, 0.1) is 0 Å². The lowest BCUT2D eigenvalue weighted by atomic mass is 10.1. The molecule has 1 saturated heterocycles. The summed E-state index contributed by atoms with van der Waals surface area (Å²) in [5, 5.41) is 8.27. The molecule has 0 bridgehead atoms. The van der Waals surface area contributed by atoms with E-state index in [0.717, 1.165) is 40.8 Å². The summed E-state index contributed by atoms with van der Waals surface area (Å²) in [5.74, 6) is 0.0334. The number of amides is 1. The average molecular weight is 398 g/mol. The molecule has 3 aromatic rings. The normalized spacial score (nSPS) is 15.7. The number of benzene rings is 1. The zero-order chi connectivity index (χ0) is 18.5. The molecule has 1 aliphatic heterocycles. The van der Waals surface area contributed by atoms with Crippen LogP contribution in [-0.2, 0) is 11.2 Å². The van der Waals surface area contributed by atoms with Gasteiger partial charge in [0.05, 0.1) is 23.0 Å². The number of thiophene rings is 1. The van der Waals surface area contributed by atoms with Crippen LogP contribution < -0.4 is 5.32 Å². The summed E-state index contributed by atoms with van der Waals surface area (Å²) in [7, 11) is 0. The van der Waals surface area contributed by atoms with E-state index in [1.807, 2.05) is 35.0 Å². The van der Waals surface area contributed by atoms with Crippen molar-refractivity contribution in [2.24, 2.45) is 0 Å². The molecule has 4 nitrogen and oxygen atoms in total. The minimum absolute atomic E-state index is 0.0206. The van der Waals surface area contributed by atoms with Crippen molar-refractivity contribution in [3.63, 3.8) is 0 Å². The molecule has 1 aromatic carbocycles. The highest BCUT2D eigenvalue weighted by atomic mass is 32.1. The fraction of sp³-hybridized carbons (Fsp3) is 0.333. The summed E-state index contributed by atoms with van der Waals surface area (Å²) >= 11 is 3.28. The summed E-state index contributed by atoms with van der Waals surface area (Å²) in [5.41, 5.74) is 2.00. The Morgan fingerprint density at radius 3 is 2.67 bits per heavy atom. The van der Waals surface area contributed by atoms with Gasteiger partial charge in [0.2, 0.25) is 5.91 Å². The molecule has 0 spiro atoms. The molecule has 1 fully saturated rings. The number of carbonyl (C=O) groups excluding carboxylic acids is 1. The van der Waals surface area contributed by atoms with Crippen molar-refractivity contribution < 1.29 is 4.79 Å². The van der Waals surface area contributed by atoms with E-state index < -0.39 is 0 Å². The molecule has 0 radical (unpaired) electrons. The van der Waals surface area contributed by atoms with E-state index in [2.05, 4.69) is 33.4 Å². The maximum Gasteiger partial charge on any atom is 0.226 e. The molecule has 6 heteroatoms. The first-order chi connectivity index (χ1) is 13.3. The Hall–Kier alpha value is -2.02. The van der Waals surface area contributed by atoms with Crippen LogP contribution in [0.5, 0.6) is 0 Å². The molecule has 0 saturated carbocycles. The van der Waals surface area contributed by atoms with Gasteiger partial charge in [-0.1, -0.05) is 36.4 Å². The summed E-state index contributed by atoms with van der Waals surface area (Å²) in [4.78, 5) is 20.9. The number of hydrogen-bond donors (Lipinski definition) is 1. The Labute approximate surface area is 167 Å². The third-order valence-electron chi connectivity index (χ3n) is 4.80. The van der Waals surface area contributed by atoms with Gasteiger partial charge in [-0.2, -0.15) is 0 Å². The van der Waals surface area contributed by atoms with Crippen molar-refractivity contribution in [2.75, 3.05) is 19.6 Å². The second-order valence-corrected chi connectivity index (χ2v) is 8.64. The van der Waals surface area contributed by atoms with Crippen LogP contribution in [0.3, 0.4) is 0 Å². The highest BCUT2D eigenvalue weighted by Crippen LogP contribution is 2.28. The number of likely N-dealkylation sites (tertiary alicyclic amines) is 1. The average Bonchev–Trinajstić information content (AvgIpc) is 3.44. The monoisotopic (exact) mass is 397 g/mol. The van der Waals surface area contributed by atoms with Gasteiger partial charge in [0, 0.05) is 11.9 Å². The molecular weight excluding hydrogens is 374 g/mol. The van der Waals surface area contributed by atoms with E-state index in [1.54, 1.807) is 22.7 Å². The Balaban J connectivity index is 1.42. The van der Waals surface area contributed by atoms with Gasteiger partial charge in [0.1, 0.15) is 5.01 Å². The predicted molar refractivity (Wildman–Crippen MR) is 112 cm³/mol. The summed E-state index contributed by atoms with van der Waals surface area (Å²) in [6.45, 7) is 3.11. The fourth-order valence-electron chi connectivity index (χ4n) is 3.45. The van der Waals surface area contributed by atoms with Crippen molar-refractivity contribution in [3.05, 3.63) is 64.5 Å². The summed E-state index contributed by atoms with van der Waals surface area (Å²) in [6, 6.07) is 14.4. The minimum Gasteiger partial charge on any atom is -0.348 e.